The number of rotatable bonds is 4. The van der Waals surface area contributed by atoms with Crippen LogP contribution in [-0.2, 0) is 0 Å². The smallest absolute Gasteiger partial charge is 0.165 e. The number of aromatic nitrogens is 4. The molecule has 9 aromatic rings. The van der Waals surface area contributed by atoms with Gasteiger partial charge in [-0.2, -0.15) is 10.5 Å². The van der Waals surface area contributed by atoms with Crippen molar-refractivity contribution >= 4 is 43.7 Å². The molecule has 0 spiro atoms. The molecule has 0 saturated carbocycles. The first-order chi connectivity index (χ1) is 23.7. The Morgan fingerprint density at radius 3 is 1.77 bits per heavy atom. The Labute approximate surface area is 274 Å². The molecule has 0 aliphatic rings. The Kier molecular flexibility index (Phi) is 6.11. The highest BCUT2D eigenvalue weighted by atomic mass is 16.3. The van der Waals surface area contributed by atoms with Crippen molar-refractivity contribution in [3.63, 3.8) is 0 Å². The van der Waals surface area contributed by atoms with Crippen LogP contribution >= 0.6 is 0 Å². The van der Waals surface area contributed by atoms with Crippen LogP contribution in [0.3, 0.4) is 0 Å². The molecule has 0 amide bonds. The van der Waals surface area contributed by atoms with Crippen molar-refractivity contribution < 1.29 is 4.42 Å². The van der Waals surface area contributed by atoms with Gasteiger partial charge in [0.2, 0.25) is 0 Å². The van der Waals surface area contributed by atoms with Crippen LogP contribution in [0.1, 0.15) is 11.1 Å². The van der Waals surface area contributed by atoms with Crippen molar-refractivity contribution in [2.75, 3.05) is 0 Å². The summed E-state index contributed by atoms with van der Waals surface area (Å²) in [6.45, 7) is 0. The maximum Gasteiger partial charge on any atom is 0.165 e. The molecule has 0 aliphatic heterocycles. The predicted octanol–water partition coefficient (Wildman–Crippen LogP) is 9.61. The average molecular weight is 615 g/mol. The highest BCUT2D eigenvalue weighted by Crippen LogP contribution is 2.40. The maximum absolute atomic E-state index is 10.6. The molecular weight excluding hydrogens is 592 g/mol. The van der Waals surface area contributed by atoms with Gasteiger partial charge in [0, 0.05) is 38.2 Å². The number of benzene rings is 6. The Morgan fingerprint density at radius 1 is 0.479 bits per heavy atom. The monoisotopic (exact) mass is 614 g/mol. The first kappa shape index (κ1) is 27.2. The van der Waals surface area contributed by atoms with Crippen molar-refractivity contribution in [2.45, 2.75) is 0 Å². The number of furan rings is 1. The van der Waals surface area contributed by atoms with Crippen molar-refractivity contribution in [1.29, 1.82) is 10.5 Å². The number of nitrogens with zero attached hydrogens (tertiary/aromatic N) is 6. The lowest BCUT2D eigenvalue weighted by molar-refractivity contribution is 0.669. The Balaban J connectivity index is 1.31. The third-order valence-electron chi connectivity index (χ3n) is 8.73. The zero-order valence-electron chi connectivity index (χ0n) is 25.3. The van der Waals surface area contributed by atoms with Gasteiger partial charge in [-0.15, -0.1) is 0 Å². The summed E-state index contributed by atoms with van der Waals surface area (Å²) in [6, 6.07) is 47.8. The quantitative estimate of drug-likeness (QED) is 0.195. The van der Waals surface area contributed by atoms with Crippen LogP contribution in [0.15, 0.2) is 138 Å². The van der Waals surface area contributed by atoms with Crippen LogP contribution in [0, 0.1) is 22.7 Å². The molecule has 0 unspecified atom stereocenters. The average Bonchev–Trinajstić information content (AvgIpc) is 3.68. The van der Waals surface area contributed by atoms with Crippen LogP contribution in [0.2, 0.25) is 0 Å². The molecular formula is C41H22N6O. The minimum Gasteiger partial charge on any atom is -0.456 e. The van der Waals surface area contributed by atoms with Gasteiger partial charge in [0.15, 0.2) is 17.5 Å². The van der Waals surface area contributed by atoms with Gasteiger partial charge >= 0.3 is 0 Å². The van der Waals surface area contributed by atoms with Gasteiger partial charge in [0.1, 0.15) is 17.2 Å². The zero-order chi connectivity index (χ0) is 32.2. The summed E-state index contributed by atoms with van der Waals surface area (Å²) in [5.74, 6) is 1.27. The molecule has 7 nitrogen and oxygen atoms in total. The minimum absolute atomic E-state index is 0.316. The molecule has 0 fully saturated rings. The minimum atomic E-state index is 0.316. The van der Waals surface area contributed by atoms with Gasteiger partial charge in [-0.25, -0.2) is 15.0 Å². The van der Waals surface area contributed by atoms with Gasteiger partial charge in [-0.3, -0.25) is 0 Å². The number of nitriles is 2. The lowest BCUT2D eigenvalue weighted by atomic mass is 10.0. The van der Waals surface area contributed by atoms with Gasteiger partial charge < -0.3 is 8.98 Å². The van der Waals surface area contributed by atoms with E-state index in [0.717, 1.165) is 54.9 Å². The third-order valence-corrected chi connectivity index (χ3v) is 8.73. The second-order valence-corrected chi connectivity index (χ2v) is 11.5. The molecule has 48 heavy (non-hydrogen) atoms. The van der Waals surface area contributed by atoms with Crippen molar-refractivity contribution in [3.8, 4) is 52.0 Å². The van der Waals surface area contributed by atoms with E-state index in [1.165, 1.54) is 0 Å². The fraction of sp³-hybridized carbons (Fsp3) is 0. The Bertz CT molecular complexity index is 2740. The second-order valence-electron chi connectivity index (χ2n) is 11.5. The summed E-state index contributed by atoms with van der Waals surface area (Å²) in [6.07, 6.45) is 0. The van der Waals surface area contributed by atoms with Crippen LogP contribution in [0.4, 0.5) is 0 Å². The van der Waals surface area contributed by atoms with E-state index in [0.29, 0.717) is 39.9 Å². The van der Waals surface area contributed by atoms with Gasteiger partial charge in [0.25, 0.3) is 0 Å². The number of hydrogen-bond donors (Lipinski definition) is 0. The van der Waals surface area contributed by atoms with E-state index in [2.05, 4.69) is 34.9 Å². The predicted molar refractivity (Wildman–Crippen MR) is 187 cm³/mol. The van der Waals surface area contributed by atoms with E-state index in [4.69, 9.17) is 19.4 Å². The van der Waals surface area contributed by atoms with E-state index in [-0.39, 0.29) is 0 Å². The Morgan fingerprint density at radius 2 is 1.08 bits per heavy atom. The summed E-state index contributed by atoms with van der Waals surface area (Å²) in [7, 11) is 0. The van der Waals surface area contributed by atoms with Crippen LogP contribution in [0.25, 0.3) is 83.6 Å². The largest absolute Gasteiger partial charge is 0.456 e. The number of hydrogen-bond acceptors (Lipinski definition) is 6. The lowest BCUT2D eigenvalue weighted by Crippen LogP contribution is -2.04. The first-order valence-electron chi connectivity index (χ1n) is 15.4. The molecule has 0 aliphatic carbocycles. The van der Waals surface area contributed by atoms with Gasteiger partial charge in [0.05, 0.1) is 33.9 Å². The van der Waals surface area contributed by atoms with Gasteiger partial charge in [-0.1, -0.05) is 97.1 Å². The van der Waals surface area contributed by atoms with E-state index >= 15 is 0 Å². The van der Waals surface area contributed by atoms with E-state index in [9.17, 15) is 10.5 Å². The fourth-order valence-corrected chi connectivity index (χ4v) is 6.52. The van der Waals surface area contributed by atoms with Crippen molar-refractivity contribution in [2.24, 2.45) is 0 Å². The van der Waals surface area contributed by atoms with E-state index in [1.54, 1.807) is 12.1 Å². The molecule has 0 bridgehead atoms. The van der Waals surface area contributed by atoms with Gasteiger partial charge in [-0.05, 0) is 36.4 Å². The first-order valence-corrected chi connectivity index (χ1v) is 15.4. The molecule has 6 aromatic carbocycles. The molecule has 0 atom stereocenters. The molecule has 0 radical (unpaired) electrons. The van der Waals surface area contributed by atoms with Crippen LogP contribution < -0.4 is 0 Å². The molecule has 3 aromatic heterocycles. The van der Waals surface area contributed by atoms with Crippen molar-refractivity contribution in [3.05, 3.63) is 145 Å². The fourth-order valence-electron chi connectivity index (χ4n) is 6.52. The third kappa shape index (κ3) is 4.23. The molecule has 0 N–H and O–H groups in total. The van der Waals surface area contributed by atoms with E-state index in [1.807, 2.05) is 103 Å². The zero-order valence-corrected chi connectivity index (χ0v) is 25.3. The molecule has 0 saturated heterocycles. The molecule has 3 heterocycles. The summed E-state index contributed by atoms with van der Waals surface area (Å²) in [5.41, 5.74) is 6.83. The lowest BCUT2D eigenvalue weighted by Gasteiger charge is -2.14. The highest BCUT2D eigenvalue weighted by Gasteiger charge is 2.22. The second kappa shape index (κ2) is 10.8. The maximum atomic E-state index is 10.6. The summed E-state index contributed by atoms with van der Waals surface area (Å²) in [5, 5.41) is 25.2. The molecule has 9 rings (SSSR count). The molecule has 7 heteroatoms. The summed E-state index contributed by atoms with van der Waals surface area (Å²) in [4.78, 5) is 14.4. The molecule has 222 valence electrons. The summed E-state index contributed by atoms with van der Waals surface area (Å²) < 4.78 is 8.29. The topological polar surface area (TPSA) is 104 Å². The SMILES string of the molecule is N#Cc1cc(-n2c3ccccc3c3cc4oc5ccccc5c4cc32)c(C#N)cc1-c1nc(-c2ccccc2)nc(-c2ccccc2)n1. The van der Waals surface area contributed by atoms with Crippen molar-refractivity contribution in [1.82, 2.24) is 19.5 Å². The summed E-state index contributed by atoms with van der Waals surface area (Å²) >= 11 is 0. The number of para-hydroxylation sites is 2. The van der Waals surface area contributed by atoms with Crippen LogP contribution in [-0.4, -0.2) is 19.5 Å². The van der Waals surface area contributed by atoms with Crippen LogP contribution in [0.5, 0.6) is 0 Å². The standard InChI is InChI=1S/C41H22N6O/c42-23-27-20-35(47-34-17-9-7-15-29(34)32-22-38-33(21-36(32)47)30-16-8-10-18-37(30)48-38)28(24-43)19-31(27)41-45-39(25-11-3-1-4-12-25)44-40(46-41)26-13-5-2-6-14-26/h1-22H. The highest BCUT2D eigenvalue weighted by molar-refractivity contribution is 6.17. The number of fused-ring (bicyclic) bond motifs is 6. The Hall–Kier alpha value is -7.09. The van der Waals surface area contributed by atoms with E-state index < -0.39 is 0 Å². The normalized spacial score (nSPS) is 11.3.